The van der Waals surface area contributed by atoms with Gasteiger partial charge in [-0.1, -0.05) is 6.92 Å². The molecule has 5 atom stereocenters. The maximum atomic E-state index is 11.5. The first-order chi connectivity index (χ1) is 5.70. The molecule has 1 heterocycles. The van der Waals surface area contributed by atoms with Gasteiger partial charge in [-0.3, -0.25) is 4.21 Å². The van der Waals surface area contributed by atoms with Crippen molar-refractivity contribution >= 4 is 10.8 Å². The molecule has 5 unspecified atom stereocenters. The van der Waals surface area contributed by atoms with E-state index in [9.17, 15) is 4.21 Å². The molecule has 2 rings (SSSR count). The minimum absolute atomic E-state index is 0.369. The Balaban J connectivity index is 2.00. The van der Waals surface area contributed by atoms with Crippen LogP contribution in [0.15, 0.2) is 0 Å². The van der Waals surface area contributed by atoms with Crippen molar-refractivity contribution in [1.29, 1.82) is 0 Å². The van der Waals surface area contributed by atoms with E-state index in [2.05, 4.69) is 19.2 Å². The molecule has 0 radical (unpaired) electrons. The molecule has 12 heavy (non-hydrogen) atoms. The van der Waals surface area contributed by atoms with Crippen LogP contribution in [0.2, 0.25) is 0 Å². The highest BCUT2D eigenvalue weighted by molar-refractivity contribution is 7.85. The first-order valence-corrected chi connectivity index (χ1v) is 6.19. The monoisotopic (exact) mass is 187 g/mol. The molecule has 1 saturated heterocycles. The highest BCUT2D eigenvalue weighted by Crippen LogP contribution is 2.42. The summed E-state index contributed by atoms with van der Waals surface area (Å²) in [5.41, 5.74) is 0. The van der Waals surface area contributed by atoms with Crippen LogP contribution in [0.1, 0.15) is 20.3 Å². The van der Waals surface area contributed by atoms with Crippen molar-refractivity contribution in [3.05, 3.63) is 0 Å². The fraction of sp³-hybridized carbons (Fsp3) is 1.00. The summed E-state index contributed by atoms with van der Waals surface area (Å²) >= 11 is 0. The number of hydrogen-bond acceptors (Lipinski definition) is 2. The maximum absolute atomic E-state index is 11.5. The Bertz CT molecular complexity index is 207. The molecule has 1 saturated carbocycles. The van der Waals surface area contributed by atoms with Crippen LogP contribution in [-0.4, -0.2) is 27.8 Å². The zero-order valence-electron chi connectivity index (χ0n) is 7.75. The summed E-state index contributed by atoms with van der Waals surface area (Å²) in [6, 6.07) is 0.537. The molecule has 1 aliphatic carbocycles. The van der Waals surface area contributed by atoms with E-state index in [0.717, 1.165) is 24.1 Å². The Morgan fingerprint density at radius 1 is 1.42 bits per heavy atom. The van der Waals surface area contributed by atoms with E-state index < -0.39 is 10.8 Å². The van der Waals surface area contributed by atoms with Crippen LogP contribution in [-0.2, 0) is 10.8 Å². The van der Waals surface area contributed by atoms with Crippen LogP contribution in [0.5, 0.6) is 0 Å². The summed E-state index contributed by atoms with van der Waals surface area (Å²) in [6.45, 7) is 5.36. The molecule has 70 valence electrons. The zero-order chi connectivity index (χ0) is 8.72. The van der Waals surface area contributed by atoms with Gasteiger partial charge in [0.25, 0.3) is 0 Å². The van der Waals surface area contributed by atoms with Gasteiger partial charge in [-0.05, 0) is 25.2 Å². The lowest BCUT2D eigenvalue weighted by molar-refractivity contribution is 0.434. The number of hydrogen-bond donors (Lipinski definition) is 1. The molecule has 0 aromatic carbocycles. The SMILES string of the molecule is CC1CC1C1NCCS(=O)C1C. The summed E-state index contributed by atoms with van der Waals surface area (Å²) in [4.78, 5) is 0. The number of nitrogens with one attached hydrogen (secondary N) is 1. The molecule has 1 aliphatic heterocycles. The molecule has 2 aliphatic rings. The molecular weight excluding hydrogens is 170 g/mol. The molecule has 0 amide bonds. The third-order valence-corrected chi connectivity index (χ3v) is 4.97. The van der Waals surface area contributed by atoms with Gasteiger partial charge >= 0.3 is 0 Å². The largest absolute Gasteiger partial charge is 0.312 e. The van der Waals surface area contributed by atoms with E-state index >= 15 is 0 Å². The minimum atomic E-state index is -0.573. The molecule has 0 spiro atoms. The lowest BCUT2D eigenvalue weighted by Gasteiger charge is -2.29. The summed E-state index contributed by atoms with van der Waals surface area (Å²) in [5.74, 6) is 2.52. The normalized spacial score (nSPS) is 53.7. The Hall–Kier alpha value is 0.110. The Morgan fingerprint density at radius 3 is 2.67 bits per heavy atom. The molecule has 0 aromatic rings. The summed E-state index contributed by atoms with van der Waals surface area (Å²) in [5, 5.41) is 3.87. The van der Waals surface area contributed by atoms with Crippen molar-refractivity contribution in [3.63, 3.8) is 0 Å². The molecule has 3 heteroatoms. The van der Waals surface area contributed by atoms with Gasteiger partial charge in [0.2, 0.25) is 0 Å². The fourth-order valence-electron chi connectivity index (χ4n) is 2.19. The molecular formula is C9H17NOS. The van der Waals surface area contributed by atoms with Gasteiger partial charge in [-0.15, -0.1) is 0 Å². The second-order valence-corrected chi connectivity index (χ2v) is 6.06. The van der Waals surface area contributed by atoms with Gasteiger partial charge in [0, 0.05) is 34.4 Å². The van der Waals surface area contributed by atoms with E-state index in [1.807, 2.05) is 0 Å². The topological polar surface area (TPSA) is 29.1 Å². The van der Waals surface area contributed by atoms with E-state index in [0.29, 0.717) is 11.3 Å². The van der Waals surface area contributed by atoms with Crippen LogP contribution < -0.4 is 5.32 Å². The molecule has 2 fully saturated rings. The average molecular weight is 187 g/mol. The number of rotatable bonds is 1. The van der Waals surface area contributed by atoms with Gasteiger partial charge in [0.15, 0.2) is 0 Å². The molecule has 1 N–H and O–H groups in total. The smallest absolute Gasteiger partial charge is 0.0476 e. The van der Waals surface area contributed by atoms with E-state index in [4.69, 9.17) is 0 Å². The lowest BCUT2D eigenvalue weighted by atomic mass is 10.1. The van der Waals surface area contributed by atoms with Crippen LogP contribution in [0, 0.1) is 11.8 Å². The zero-order valence-corrected chi connectivity index (χ0v) is 8.56. The van der Waals surface area contributed by atoms with Gasteiger partial charge in [0.05, 0.1) is 0 Å². The van der Waals surface area contributed by atoms with Crippen molar-refractivity contribution < 1.29 is 4.21 Å². The summed E-state index contributed by atoms with van der Waals surface area (Å²) in [7, 11) is -0.573. The van der Waals surface area contributed by atoms with Gasteiger partial charge in [-0.2, -0.15) is 0 Å². The highest BCUT2D eigenvalue weighted by Gasteiger charge is 2.44. The lowest BCUT2D eigenvalue weighted by Crippen LogP contribution is -2.49. The van der Waals surface area contributed by atoms with E-state index in [1.165, 1.54) is 6.42 Å². The predicted octanol–water partition coefficient (Wildman–Crippen LogP) is 0.751. The van der Waals surface area contributed by atoms with E-state index in [1.54, 1.807) is 0 Å². The standard InChI is InChI=1S/C9H17NOS/c1-6-5-8(6)9-7(2)12(11)4-3-10-9/h6-10H,3-5H2,1-2H3. The van der Waals surface area contributed by atoms with Crippen LogP contribution >= 0.6 is 0 Å². The highest BCUT2D eigenvalue weighted by atomic mass is 32.2. The van der Waals surface area contributed by atoms with Crippen molar-refractivity contribution in [3.8, 4) is 0 Å². The van der Waals surface area contributed by atoms with Gasteiger partial charge in [-0.25, -0.2) is 0 Å². The molecule has 0 bridgehead atoms. The van der Waals surface area contributed by atoms with Crippen molar-refractivity contribution in [2.75, 3.05) is 12.3 Å². The van der Waals surface area contributed by atoms with Crippen molar-refractivity contribution in [2.24, 2.45) is 11.8 Å². The second-order valence-electron chi connectivity index (χ2n) is 4.15. The Morgan fingerprint density at radius 2 is 2.08 bits per heavy atom. The van der Waals surface area contributed by atoms with Crippen LogP contribution in [0.3, 0.4) is 0 Å². The first kappa shape index (κ1) is 8.70. The average Bonchev–Trinajstić information content (AvgIpc) is 2.73. The molecule has 0 aromatic heterocycles. The van der Waals surface area contributed by atoms with Gasteiger partial charge < -0.3 is 5.32 Å². The Labute approximate surface area is 76.6 Å². The minimum Gasteiger partial charge on any atom is -0.312 e. The summed E-state index contributed by atoms with van der Waals surface area (Å²) in [6.07, 6.45) is 1.33. The quantitative estimate of drug-likeness (QED) is 0.656. The summed E-state index contributed by atoms with van der Waals surface area (Å²) < 4.78 is 11.5. The maximum Gasteiger partial charge on any atom is 0.0476 e. The third-order valence-electron chi connectivity index (χ3n) is 3.24. The molecule has 2 nitrogen and oxygen atoms in total. The third kappa shape index (κ3) is 1.44. The van der Waals surface area contributed by atoms with Crippen LogP contribution in [0.4, 0.5) is 0 Å². The Kier molecular flexibility index (Phi) is 2.25. The predicted molar refractivity (Wildman–Crippen MR) is 51.5 cm³/mol. The van der Waals surface area contributed by atoms with Crippen molar-refractivity contribution in [1.82, 2.24) is 5.32 Å². The van der Waals surface area contributed by atoms with E-state index in [-0.39, 0.29) is 0 Å². The second kappa shape index (κ2) is 3.11. The first-order valence-electron chi connectivity index (χ1n) is 4.80. The van der Waals surface area contributed by atoms with Crippen LogP contribution in [0.25, 0.3) is 0 Å². The van der Waals surface area contributed by atoms with Crippen molar-refractivity contribution in [2.45, 2.75) is 31.6 Å². The fourth-order valence-corrected chi connectivity index (χ4v) is 3.51. The van der Waals surface area contributed by atoms with Gasteiger partial charge in [0.1, 0.15) is 0 Å².